The van der Waals surface area contributed by atoms with Crippen LogP contribution in [-0.4, -0.2) is 48.0 Å². The van der Waals surface area contributed by atoms with Crippen LogP contribution in [0.4, 0.5) is 5.69 Å². The molecule has 3 rings (SSSR count). The summed E-state index contributed by atoms with van der Waals surface area (Å²) in [5, 5.41) is 2.83. The summed E-state index contributed by atoms with van der Waals surface area (Å²) in [5.41, 5.74) is 3.65. The van der Waals surface area contributed by atoms with Crippen molar-refractivity contribution in [2.75, 3.05) is 31.6 Å². The summed E-state index contributed by atoms with van der Waals surface area (Å²) in [6.45, 7) is 6.21. The molecule has 2 heterocycles. The zero-order valence-corrected chi connectivity index (χ0v) is 14.4. The second kappa shape index (κ2) is 7.44. The van der Waals surface area contributed by atoms with Crippen molar-refractivity contribution in [3.05, 3.63) is 58.9 Å². The Hall–Kier alpha value is -2.73. The topological polar surface area (TPSA) is 71.5 Å². The van der Waals surface area contributed by atoms with Gasteiger partial charge in [0.2, 0.25) is 0 Å². The zero-order valence-electron chi connectivity index (χ0n) is 14.4. The van der Waals surface area contributed by atoms with Crippen molar-refractivity contribution >= 4 is 17.5 Å². The standard InChI is InChI=1S/C19H21N3O3/c1-13-3-4-16(11-14(13)2)21-18(23)17-12-15(5-6-20-17)19(24)22-7-9-25-10-8-22/h3-6,11-12H,7-10H2,1-2H3,(H,21,23). The second-order valence-corrected chi connectivity index (χ2v) is 6.09. The lowest BCUT2D eigenvalue weighted by molar-refractivity contribution is 0.0303. The van der Waals surface area contributed by atoms with Gasteiger partial charge in [-0.25, -0.2) is 0 Å². The van der Waals surface area contributed by atoms with E-state index in [1.54, 1.807) is 11.0 Å². The number of rotatable bonds is 3. The number of pyridine rings is 1. The Morgan fingerprint density at radius 1 is 1.08 bits per heavy atom. The molecule has 0 spiro atoms. The maximum absolute atomic E-state index is 12.5. The van der Waals surface area contributed by atoms with E-state index in [-0.39, 0.29) is 17.5 Å². The second-order valence-electron chi connectivity index (χ2n) is 6.09. The fraction of sp³-hybridized carbons (Fsp3) is 0.316. The number of anilines is 1. The molecular formula is C19H21N3O3. The Labute approximate surface area is 146 Å². The molecule has 6 heteroatoms. The molecule has 2 amide bonds. The summed E-state index contributed by atoms with van der Waals surface area (Å²) in [5.74, 6) is -0.439. The van der Waals surface area contributed by atoms with Gasteiger partial charge in [-0.3, -0.25) is 14.6 Å². The number of carbonyl (C=O) groups is 2. The molecule has 1 aliphatic heterocycles. The summed E-state index contributed by atoms with van der Waals surface area (Å²) < 4.78 is 5.26. The predicted molar refractivity (Wildman–Crippen MR) is 94.8 cm³/mol. The average Bonchev–Trinajstić information content (AvgIpc) is 2.65. The highest BCUT2D eigenvalue weighted by Crippen LogP contribution is 2.15. The normalized spacial score (nSPS) is 14.2. The lowest BCUT2D eigenvalue weighted by Gasteiger charge is -2.26. The number of benzene rings is 1. The molecular weight excluding hydrogens is 318 g/mol. The van der Waals surface area contributed by atoms with Crippen LogP contribution in [0.3, 0.4) is 0 Å². The van der Waals surface area contributed by atoms with E-state index in [0.29, 0.717) is 37.6 Å². The van der Waals surface area contributed by atoms with Gasteiger partial charge in [-0.2, -0.15) is 0 Å². The number of nitrogens with zero attached hydrogens (tertiary/aromatic N) is 2. The van der Waals surface area contributed by atoms with Gasteiger partial charge < -0.3 is 15.0 Å². The van der Waals surface area contributed by atoms with E-state index in [0.717, 1.165) is 11.1 Å². The molecule has 0 saturated carbocycles. The van der Waals surface area contributed by atoms with Crippen LogP contribution >= 0.6 is 0 Å². The van der Waals surface area contributed by atoms with Gasteiger partial charge in [0.05, 0.1) is 13.2 Å². The van der Waals surface area contributed by atoms with Gasteiger partial charge in [-0.15, -0.1) is 0 Å². The van der Waals surface area contributed by atoms with Gasteiger partial charge in [-0.05, 0) is 49.2 Å². The first-order valence-corrected chi connectivity index (χ1v) is 8.26. The molecule has 0 atom stereocenters. The summed E-state index contributed by atoms with van der Waals surface area (Å²) in [6.07, 6.45) is 1.49. The molecule has 25 heavy (non-hydrogen) atoms. The monoisotopic (exact) mass is 339 g/mol. The van der Waals surface area contributed by atoms with E-state index in [4.69, 9.17) is 4.74 Å². The smallest absolute Gasteiger partial charge is 0.274 e. The fourth-order valence-corrected chi connectivity index (χ4v) is 2.65. The van der Waals surface area contributed by atoms with Crippen molar-refractivity contribution in [1.82, 2.24) is 9.88 Å². The van der Waals surface area contributed by atoms with Crippen LogP contribution in [0, 0.1) is 13.8 Å². The van der Waals surface area contributed by atoms with Gasteiger partial charge >= 0.3 is 0 Å². The van der Waals surface area contributed by atoms with Crippen molar-refractivity contribution in [2.45, 2.75) is 13.8 Å². The molecule has 0 bridgehead atoms. The summed E-state index contributed by atoms with van der Waals surface area (Å²) in [6, 6.07) is 8.88. The Morgan fingerprint density at radius 3 is 2.56 bits per heavy atom. The number of nitrogens with one attached hydrogen (secondary N) is 1. The molecule has 0 aliphatic carbocycles. The Balaban J connectivity index is 1.74. The summed E-state index contributed by atoms with van der Waals surface area (Å²) in [7, 11) is 0. The number of carbonyl (C=O) groups excluding carboxylic acids is 2. The highest BCUT2D eigenvalue weighted by Gasteiger charge is 2.20. The van der Waals surface area contributed by atoms with Crippen molar-refractivity contribution in [1.29, 1.82) is 0 Å². The molecule has 0 radical (unpaired) electrons. The SMILES string of the molecule is Cc1ccc(NC(=O)c2cc(C(=O)N3CCOCC3)ccn2)cc1C. The number of ether oxygens (including phenoxy) is 1. The van der Waals surface area contributed by atoms with Crippen molar-refractivity contribution in [3.63, 3.8) is 0 Å². The Kier molecular flexibility index (Phi) is 5.09. The highest BCUT2D eigenvalue weighted by molar-refractivity contribution is 6.04. The summed E-state index contributed by atoms with van der Waals surface area (Å²) in [4.78, 5) is 30.8. The maximum atomic E-state index is 12.5. The first-order valence-electron chi connectivity index (χ1n) is 8.26. The van der Waals surface area contributed by atoms with E-state index in [2.05, 4.69) is 10.3 Å². The number of amides is 2. The van der Waals surface area contributed by atoms with Crippen LogP contribution < -0.4 is 5.32 Å². The van der Waals surface area contributed by atoms with Crippen molar-refractivity contribution in [3.8, 4) is 0 Å². The molecule has 1 aromatic carbocycles. The lowest BCUT2D eigenvalue weighted by atomic mass is 10.1. The molecule has 2 aromatic rings. The van der Waals surface area contributed by atoms with Crippen LogP contribution in [0.5, 0.6) is 0 Å². The van der Waals surface area contributed by atoms with Crippen LogP contribution in [0.1, 0.15) is 32.0 Å². The van der Waals surface area contributed by atoms with E-state index < -0.39 is 0 Å². The van der Waals surface area contributed by atoms with Gasteiger partial charge in [0, 0.05) is 30.5 Å². The van der Waals surface area contributed by atoms with Crippen LogP contribution in [-0.2, 0) is 4.74 Å². The predicted octanol–water partition coefficient (Wildman–Crippen LogP) is 2.42. The molecule has 1 aromatic heterocycles. The molecule has 1 saturated heterocycles. The zero-order chi connectivity index (χ0) is 17.8. The average molecular weight is 339 g/mol. The van der Waals surface area contributed by atoms with E-state index in [9.17, 15) is 9.59 Å². The lowest BCUT2D eigenvalue weighted by Crippen LogP contribution is -2.40. The highest BCUT2D eigenvalue weighted by atomic mass is 16.5. The molecule has 0 unspecified atom stereocenters. The largest absolute Gasteiger partial charge is 0.378 e. The minimum atomic E-state index is -0.333. The number of hydrogen-bond acceptors (Lipinski definition) is 4. The van der Waals surface area contributed by atoms with Gasteiger partial charge in [-0.1, -0.05) is 6.07 Å². The van der Waals surface area contributed by atoms with Gasteiger partial charge in [0.15, 0.2) is 0 Å². The Bertz CT molecular complexity index is 798. The quantitative estimate of drug-likeness (QED) is 0.932. The number of aromatic nitrogens is 1. The minimum Gasteiger partial charge on any atom is -0.378 e. The van der Waals surface area contributed by atoms with Crippen molar-refractivity contribution < 1.29 is 14.3 Å². The van der Waals surface area contributed by atoms with E-state index in [1.165, 1.54) is 12.3 Å². The third-order valence-corrected chi connectivity index (χ3v) is 4.30. The molecule has 1 aliphatic rings. The first-order chi connectivity index (χ1) is 12.0. The number of aryl methyl sites for hydroxylation is 2. The molecule has 6 nitrogen and oxygen atoms in total. The minimum absolute atomic E-state index is 0.106. The molecule has 1 N–H and O–H groups in total. The van der Waals surface area contributed by atoms with Crippen LogP contribution in [0.2, 0.25) is 0 Å². The van der Waals surface area contributed by atoms with Crippen LogP contribution in [0.15, 0.2) is 36.5 Å². The first kappa shape index (κ1) is 17.1. The van der Waals surface area contributed by atoms with E-state index in [1.807, 2.05) is 32.0 Å². The summed E-state index contributed by atoms with van der Waals surface area (Å²) >= 11 is 0. The van der Waals surface area contributed by atoms with E-state index >= 15 is 0 Å². The maximum Gasteiger partial charge on any atom is 0.274 e. The number of hydrogen-bond donors (Lipinski definition) is 1. The van der Waals surface area contributed by atoms with Gasteiger partial charge in [0.1, 0.15) is 5.69 Å². The third-order valence-electron chi connectivity index (χ3n) is 4.30. The van der Waals surface area contributed by atoms with Crippen LogP contribution in [0.25, 0.3) is 0 Å². The third kappa shape index (κ3) is 4.03. The fourth-order valence-electron chi connectivity index (χ4n) is 2.65. The van der Waals surface area contributed by atoms with Gasteiger partial charge in [0.25, 0.3) is 11.8 Å². The van der Waals surface area contributed by atoms with Crippen molar-refractivity contribution in [2.24, 2.45) is 0 Å². The number of morpholine rings is 1. The molecule has 1 fully saturated rings. The Morgan fingerprint density at radius 2 is 1.84 bits per heavy atom. The molecule has 130 valence electrons.